The molecule has 4 nitrogen and oxygen atoms in total. The molecule has 4 heteroatoms. The van der Waals surface area contributed by atoms with Crippen molar-refractivity contribution in [1.29, 1.82) is 0 Å². The number of hydrogen-bond acceptors (Lipinski definition) is 3. The number of fused-ring (bicyclic) bond motifs is 3. The molecule has 0 bridgehead atoms. The molecule has 1 aliphatic rings. The zero-order valence-electron chi connectivity index (χ0n) is 10.6. The van der Waals surface area contributed by atoms with Crippen molar-refractivity contribution in [1.82, 2.24) is 4.98 Å². The number of hydrogen-bond donors (Lipinski definition) is 3. The van der Waals surface area contributed by atoms with Crippen LogP contribution in [0, 0.1) is 5.92 Å². The molecule has 3 rings (SSSR count). The minimum atomic E-state index is 0.0724. The number of ether oxygens (including phenoxy) is 1. The van der Waals surface area contributed by atoms with E-state index in [0.717, 1.165) is 24.1 Å². The SMILES string of the molecule is COc1ccc2[nH]c3c(c2c1)C(N)CC(CN)C3. The number of aromatic nitrogens is 1. The third kappa shape index (κ3) is 1.69. The highest BCUT2D eigenvalue weighted by atomic mass is 16.5. The van der Waals surface area contributed by atoms with E-state index in [1.165, 1.54) is 16.6 Å². The van der Waals surface area contributed by atoms with Crippen molar-refractivity contribution in [3.8, 4) is 5.75 Å². The van der Waals surface area contributed by atoms with Crippen molar-refractivity contribution >= 4 is 10.9 Å². The third-order valence-corrected chi connectivity index (χ3v) is 3.91. The van der Waals surface area contributed by atoms with Crippen molar-refractivity contribution in [2.24, 2.45) is 17.4 Å². The van der Waals surface area contributed by atoms with Gasteiger partial charge < -0.3 is 21.2 Å². The molecule has 5 N–H and O–H groups in total. The summed E-state index contributed by atoms with van der Waals surface area (Å²) in [5, 5.41) is 1.19. The Hall–Kier alpha value is -1.52. The average molecular weight is 245 g/mol. The van der Waals surface area contributed by atoms with Crippen LogP contribution < -0.4 is 16.2 Å². The zero-order valence-corrected chi connectivity index (χ0v) is 10.6. The van der Waals surface area contributed by atoms with E-state index in [2.05, 4.69) is 17.1 Å². The summed E-state index contributed by atoms with van der Waals surface area (Å²) in [5.41, 5.74) is 15.7. The molecule has 1 aromatic heterocycles. The first-order valence-corrected chi connectivity index (χ1v) is 6.37. The maximum Gasteiger partial charge on any atom is 0.119 e. The van der Waals surface area contributed by atoms with Crippen LogP contribution in [0.5, 0.6) is 5.75 Å². The summed E-state index contributed by atoms with van der Waals surface area (Å²) in [5.74, 6) is 1.36. The Labute approximate surface area is 106 Å². The number of aromatic amines is 1. The summed E-state index contributed by atoms with van der Waals surface area (Å²) in [4.78, 5) is 3.47. The van der Waals surface area contributed by atoms with E-state index in [0.29, 0.717) is 12.5 Å². The quantitative estimate of drug-likeness (QED) is 0.753. The molecule has 0 aliphatic heterocycles. The topological polar surface area (TPSA) is 77.1 Å². The van der Waals surface area contributed by atoms with E-state index in [1.54, 1.807) is 7.11 Å². The Morgan fingerprint density at radius 2 is 2.28 bits per heavy atom. The summed E-state index contributed by atoms with van der Waals surface area (Å²) in [6, 6.07) is 6.16. The molecule has 18 heavy (non-hydrogen) atoms. The van der Waals surface area contributed by atoms with E-state index in [-0.39, 0.29) is 6.04 Å². The number of rotatable bonds is 2. The predicted octanol–water partition coefficient (Wildman–Crippen LogP) is 1.70. The Bertz CT molecular complexity index is 576. The van der Waals surface area contributed by atoms with Crippen LogP contribution in [0.2, 0.25) is 0 Å². The molecule has 0 saturated heterocycles. The highest BCUT2D eigenvalue weighted by Gasteiger charge is 2.27. The first kappa shape index (κ1) is 11.6. The number of nitrogens with one attached hydrogen (secondary N) is 1. The second-order valence-corrected chi connectivity index (χ2v) is 5.08. The first-order valence-electron chi connectivity index (χ1n) is 6.37. The Kier molecular flexibility index (Phi) is 2.76. The lowest BCUT2D eigenvalue weighted by Crippen LogP contribution is -2.28. The minimum absolute atomic E-state index is 0.0724. The molecule has 1 aliphatic carbocycles. The number of H-pyrrole nitrogens is 1. The van der Waals surface area contributed by atoms with Gasteiger partial charge in [0.25, 0.3) is 0 Å². The molecule has 2 unspecified atom stereocenters. The van der Waals surface area contributed by atoms with Crippen LogP contribution in [0.15, 0.2) is 18.2 Å². The molecular weight excluding hydrogens is 226 g/mol. The molecule has 0 spiro atoms. The van der Waals surface area contributed by atoms with Crippen molar-refractivity contribution in [3.63, 3.8) is 0 Å². The molecule has 0 saturated carbocycles. The Morgan fingerprint density at radius 3 is 3.00 bits per heavy atom. The summed E-state index contributed by atoms with van der Waals surface area (Å²) < 4.78 is 5.29. The zero-order chi connectivity index (χ0) is 12.7. The first-order chi connectivity index (χ1) is 8.72. The fourth-order valence-electron chi connectivity index (χ4n) is 2.99. The van der Waals surface area contributed by atoms with Gasteiger partial charge in [0, 0.05) is 22.6 Å². The predicted molar refractivity (Wildman–Crippen MR) is 72.6 cm³/mol. The van der Waals surface area contributed by atoms with Gasteiger partial charge >= 0.3 is 0 Å². The molecule has 0 radical (unpaired) electrons. The van der Waals surface area contributed by atoms with Crippen LogP contribution in [0.4, 0.5) is 0 Å². The van der Waals surface area contributed by atoms with Crippen molar-refractivity contribution in [2.75, 3.05) is 13.7 Å². The fraction of sp³-hybridized carbons (Fsp3) is 0.429. The van der Waals surface area contributed by atoms with Crippen LogP contribution in [0.3, 0.4) is 0 Å². The molecular formula is C14H19N3O. The van der Waals surface area contributed by atoms with Gasteiger partial charge in [-0.2, -0.15) is 0 Å². The van der Waals surface area contributed by atoms with Crippen molar-refractivity contribution in [3.05, 3.63) is 29.5 Å². The van der Waals surface area contributed by atoms with Crippen molar-refractivity contribution < 1.29 is 4.74 Å². The molecule has 1 aromatic carbocycles. The second-order valence-electron chi connectivity index (χ2n) is 5.08. The van der Waals surface area contributed by atoms with Crippen LogP contribution in [0.1, 0.15) is 23.7 Å². The van der Waals surface area contributed by atoms with Gasteiger partial charge in [0.2, 0.25) is 0 Å². The largest absolute Gasteiger partial charge is 0.497 e. The second kappa shape index (κ2) is 4.30. The van der Waals surface area contributed by atoms with E-state index in [9.17, 15) is 0 Å². The van der Waals surface area contributed by atoms with Crippen LogP contribution in [-0.2, 0) is 6.42 Å². The minimum Gasteiger partial charge on any atom is -0.497 e. The standard InChI is InChI=1S/C14H19N3O/c1-18-9-2-3-12-10(6-9)14-11(16)4-8(7-15)5-13(14)17-12/h2-3,6,8,11,17H,4-5,7,15-16H2,1H3. The molecule has 0 fully saturated rings. The third-order valence-electron chi connectivity index (χ3n) is 3.91. The maximum atomic E-state index is 6.30. The average Bonchev–Trinajstić information content (AvgIpc) is 2.75. The van der Waals surface area contributed by atoms with Gasteiger partial charge in [0.1, 0.15) is 5.75 Å². The molecule has 2 aromatic rings. The van der Waals surface area contributed by atoms with Gasteiger partial charge in [-0.15, -0.1) is 0 Å². The van der Waals surface area contributed by atoms with Gasteiger partial charge in [-0.05, 0) is 49.1 Å². The number of nitrogens with two attached hydrogens (primary N) is 2. The van der Waals surface area contributed by atoms with E-state index in [4.69, 9.17) is 16.2 Å². The van der Waals surface area contributed by atoms with Gasteiger partial charge in [0.15, 0.2) is 0 Å². The highest BCUT2D eigenvalue weighted by molar-refractivity contribution is 5.86. The summed E-state index contributed by atoms with van der Waals surface area (Å²) in [6.07, 6.45) is 1.96. The smallest absolute Gasteiger partial charge is 0.119 e. The van der Waals surface area contributed by atoms with Gasteiger partial charge in [-0.3, -0.25) is 0 Å². The van der Waals surface area contributed by atoms with Gasteiger partial charge in [-0.1, -0.05) is 0 Å². The monoisotopic (exact) mass is 245 g/mol. The Morgan fingerprint density at radius 1 is 1.44 bits per heavy atom. The normalized spacial score (nSPS) is 23.1. The van der Waals surface area contributed by atoms with Crippen LogP contribution in [0.25, 0.3) is 10.9 Å². The molecule has 2 atom stereocenters. The Balaban J connectivity index is 2.15. The summed E-state index contributed by atoms with van der Waals surface area (Å²) in [7, 11) is 1.69. The summed E-state index contributed by atoms with van der Waals surface area (Å²) in [6.45, 7) is 0.700. The van der Waals surface area contributed by atoms with Crippen LogP contribution in [-0.4, -0.2) is 18.6 Å². The number of methoxy groups -OCH3 is 1. The number of benzene rings is 1. The van der Waals surface area contributed by atoms with E-state index >= 15 is 0 Å². The van der Waals surface area contributed by atoms with Crippen molar-refractivity contribution in [2.45, 2.75) is 18.9 Å². The lowest BCUT2D eigenvalue weighted by atomic mass is 9.84. The lowest BCUT2D eigenvalue weighted by Gasteiger charge is -2.26. The fourth-order valence-corrected chi connectivity index (χ4v) is 2.99. The van der Waals surface area contributed by atoms with E-state index in [1.807, 2.05) is 6.07 Å². The summed E-state index contributed by atoms with van der Waals surface area (Å²) >= 11 is 0. The highest BCUT2D eigenvalue weighted by Crippen LogP contribution is 2.37. The lowest BCUT2D eigenvalue weighted by molar-refractivity contribution is 0.412. The van der Waals surface area contributed by atoms with Gasteiger partial charge in [-0.25, -0.2) is 0 Å². The molecule has 96 valence electrons. The van der Waals surface area contributed by atoms with Crippen LogP contribution >= 0.6 is 0 Å². The molecule has 0 amide bonds. The van der Waals surface area contributed by atoms with Gasteiger partial charge in [0.05, 0.1) is 7.11 Å². The maximum absolute atomic E-state index is 6.30. The molecule has 1 heterocycles. The van der Waals surface area contributed by atoms with E-state index < -0.39 is 0 Å².